The van der Waals surface area contributed by atoms with E-state index in [2.05, 4.69) is 38.1 Å². The first-order valence-corrected chi connectivity index (χ1v) is 7.94. The van der Waals surface area contributed by atoms with Gasteiger partial charge in [0.2, 0.25) is 0 Å². The molecular weight excluding hydrogens is 275 g/mol. The fourth-order valence-electron chi connectivity index (χ4n) is 2.92. The van der Waals surface area contributed by atoms with Gasteiger partial charge in [-0.15, -0.1) is 0 Å². The monoisotopic (exact) mass is 296 g/mol. The summed E-state index contributed by atoms with van der Waals surface area (Å²) in [5.41, 5.74) is 1.48. The lowest BCUT2D eigenvalue weighted by Gasteiger charge is -2.35. The Labute approximate surface area is 126 Å². The quantitative estimate of drug-likeness (QED) is 0.566. The van der Waals surface area contributed by atoms with E-state index in [0.717, 1.165) is 0 Å². The molecule has 1 aliphatic rings. The van der Waals surface area contributed by atoms with Gasteiger partial charge in [-0.3, -0.25) is 0 Å². The Morgan fingerprint density at radius 3 is 2.32 bits per heavy atom. The highest BCUT2D eigenvalue weighted by molar-refractivity contribution is 6.42. The van der Waals surface area contributed by atoms with Crippen molar-refractivity contribution in [3.05, 3.63) is 46.0 Å². The van der Waals surface area contributed by atoms with Crippen molar-refractivity contribution >= 4 is 23.2 Å². The maximum atomic E-state index is 6.20. The summed E-state index contributed by atoms with van der Waals surface area (Å²) in [7, 11) is 0. The van der Waals surface area contributed by atoms with Crippen LogP contribution in [-0.4, -0.2) is 0 Å². The highest BCUT2D eigenvalue weighted by Gasteiger charge is 2.31. The van der Waals surface area contributed by atoms with Gasteiger partial charge in [0.1, 0.15) is 0 Å². The molecule has 1 aromatic carbocycles. The van der Waals surface area contributed by atoms with E-state index in [1.807, 2.05) is 6.07 Å². The molecule has 0 nitrogen and oxygen atoms in total. The lowest BCUT2D eigenvalue weighted by Crippen LogP contribution is -2.26. The summed E-state index contributed by atoms with van der Waals surface area (Å²) in [6.45, 7) is 4.45. The Hall–Kier alpha value is -0.460. The third-order valence-electron chi connectivity index (χ3n) is 4.04. The predicted octanol–water partition coefficient (Wildman–Crippen LogP) is 6.41. The summed E-state index contributed by atoms with van der Waals surface area (Å²) in [4.78, 5) is 0. The summed E-state index contributed by atoms with van der Waals surface area (Å²) in [6.07, 6.45) is 11.1. The van der Waals surface area contributed by atoms with Crippen molar-refractivity contribution in [2.75, 3.05) is 0 Å². The summed E-state index contributed by atoms with van der Waals surface area (Å²) in [5.74, 6) is 0.585. The molecule has 0 saturated heterocycles. The highest BCUT2D eigenvalue weighted by atomic mass is 35.5. The van der Waals surface area contributed by atoms with E-state index >= 15 is 0 Å². The van der Waals surface area contributed by atoms with Crippen LogP contribution in [0.1, 0.15) is 51.5 Å². The van der Waals surface area contributed by atoms with Crippen LogP contribution >= 0.6 is 23.2 Å². The first-order chi connectivity index (χ1) is 9.03. The Balaban J connectivity index is 2.38. The molecule has 0 bridgehead atoms. The summed E-state index contributed by atoms with van der Waals surface area (Å²) < 4.78 is 0. The second-order valence-corrected chi connectivity index (χ2v) is 6.76. The van der Waals surface area contributed by atoms with E-state index in [-0.39, 0.29) is 5.41 Å². The van der Waals surface area contributed by atoms with Crippen LogP contribution in [0.15, 0.2) is 30.4 Å². The zero-order valence-electron chi connectivity index (χ0n) is 11.8. The van der Waals surface area contributed by atoms with E-state index < -0.39 is 0 Å². The van der Waals surface area contributed by atoms with Crippen molar-refractivity contribution in [2.24, 2.45) is 5.92 Å². The molecule has 104 valence electrons. The lowest BCUT2D eigenvalue weighted by atomic mass is 9.69. The predicted molar refractivity (Wildman–Crippen MR) is 85.2 cm³/mol. The van der Waals surface area contributed by atoms with Crippen LogP contribution in [0.4, 0.5) is 0 Å². The molecular formula is C17H22Cl2. The van der Waals surface area contributed by atoms with Crippen LogP contribution in [0.2, 0.25) is 10.0 Å². The Morgan fingerprint density at radius 1 is 1.05 bits per heavy atom. The standard InChI is InChI=1S/C17H22Cl2/c1-13(2)8-11-17(9-4-3-5-10-17)14-6-7-15(18)16(19)12-14/h6-8,11-13H,3-5,9-10H2,1-2H3/b11-8+. The Kier molecular flexibility index (Phi) is 4.97. The van der Waals surface area contributed by atoms with E-state index in [1.165, 1.54) is 37.7 Å². The van der Waals surface area contributed by atoms with Gasteiger partial charge in [0.15, 0.2) is 0 Å². The Bertz CT molecular complexity index is 454. The maximum Gasteiger partial charge on any atom is 0.0595 e. The molecule has 0 amide bonds. The molecule has 0 aromatic heterocycles. The number of allylic oxidation sites excluding steroid dienone is 2. The topological polar surface area (TPSA) is 0 Å². The molecule has 1 aliphatic carbocycles. The van der Waals surface area contributed by atoms with Crippen molar-refractivity contribution < 1.29 is 0 Å². The number of hydrogen-bond acceptors (Lipinski definition) is 0. The van der Waals surface area contributed by atoms with Gasteiger partial charge in [-0.05, 0) is 36.5 Å². The first kappa shape index (κ1) is 14.9. The molecule has 0 radical (unpaired) electrons. The van der Waals surface area contributed by atoms with Crippen molar-refractivity contribution in [2.45, 2.75) is 51.4 Å². The second-order valence-electron chi connectivity index (χ2n) is 5.95. The van der Waals surface area contributed by atoms with Crippen LogP contribution in [0.5, 0.6) is 0 Å². The van der Waals surface area contributed by atoms with Crippen LogP contribution in [0.3, 0.4) is 0 Å². The third kappa shape index (κ3) is 3.55. The van der Waals surface area contributed by atoms with Gasteiger partial charge in [0.25, 0.3) is 0 Å². The number of benzene rings is 1. The number of hydrogen-bond donors (Lipinski definition) is 0. The lowest BCUT2D eigenvalue weighted by molar-refractivity contribution is 0.356. The smallest absolute Gasteiger partial charge is 0.0595 e. The van der Waals surface area contributed by atoms with E-state index in [1.54, 1.807) is 0 Å². The van der Waals surface area contributed by atoms with Crippen LogP contribution < -0.4 is 0 Å². The second kappa shape index (κ2) is 6.33. The molecule has 0 atom stereocenters. The van der Waals surface area contributed by atoms with Gasteiger partial charge >= 0.3 is 0 Å². The fraction of sp³-hybridized carbons (Fsp3) is 0.529. The van der Waals surface area contributed by atoms with Crippen LogP contribution in [0, 0.1) is 5.92 Å². The largest absolute Gasteiger partial charge is 0.0851 e. The third-order valence-corrected chi connectivity index (χ3v) is 4.78. The average Bonchev–Trinajstić information content (AvgIpc) is 2.40. The van der Waals surface area contributed by atoms with Crippen molar-refractivity contribution in [3.8, 4) is 0 Å². The van der Waals surface area contributed by atoms with Crippen molar-refractivity contribution in [1.82, 2.24) is 0 Å². The minimum absolute atomic E-state index is 0.163. The summed E-state index contributed by atoms with van der Waals surface area (Å²) >= 11 is 12.2. The molecule has 2 rings (SSSR count). The minimum atomic E-state index is 0.163. The highest BCUT2D eigenvalue weighted by Crippen LogP contribution is 2.42. The van der Waals surface area contributed by atoms with Gasteiger partial charge in [-0.2, -0.15) is 0 Å². The van der Waals surface area contributed by atoms with Gasteiger partial charge in [-0.1, -0.05) is 74.5 Å². The van der Waals surface area contributed by atoms with Gasteiger partial charge in [0, 0.05) is 5.41 Å². The van der Waals surface area contributed by atoms with Gasteiger partial charge < -0.3 is 0 Å². The molecule has 1 aromatic rings. The van der Waals surface area contributed by atoms with Crippen molar-refractivity contribution in [1.29, 1.82) is 0 Å². The molecule has 0 spiro atoms. The molecule has 0 aliphatic heterocycles. The molecule has 0 heterocycles. The molecule has 1 fully saturated rings. The van der Waals surface area contributed by atoms with E-state index in [0.29, 0.717) is 16.0 Å². The summed E-state index contributed by atoms with van der Waals surface area (Å²) in [6, 6.07) is 6.13. The van der Waals surface area contributed by atoms with Crippen LogP contribution in [0.25, 0.3) is 0 Å². The molecule has 1 saturated carbocycles. The number of rotatable bonds is 3. The van der Waals surface area contributed by atoms with Crippen molar-refractivity contribution in [3.63, 3.8) is 0 Å². The fourth-order valence-corrected chi connectivity index (χ4v) is 3.21. The van der Waals surface area contributed by atoms with E-state index in [4.69, 9.17) is 23.2 Å². The maximum absolute atomic E-state index is 6.20. The normalized spacial score (nSPS) is 19.2. The molecule has 19 heavy (non-hydrogen) atoms. The zero-order chi connectivity index (χ0) is 13.9. The van der Waals surface area contributed by atoms with E-state index in [9.17, 15) is 0 Å². The molecule has 2 heteroatoms. The first-order valence-electron chi connectivity index (χ1n) is 7.18. The summed E-state index contributed by atoms with van der Waals surface area (Å²) in [5, 5.41) is 1.31. The zero-order valence-corrected chi connectivity index (χ0v) is 13.3. The number of halogens is 2. The Morgan fingerprint density at radius 2 is 1.74 bits per heavy atom. The van der Waals surface area contributed by atoms with Crippen LogP contribution in [-0.2, 0) is 5.41 Å². The van der Waals surface area contributed by atoms with Gasteiger partial charge in [0.05, 0.1) is 10.0 Å². The average molecular weight is 297 g/mol. The van der Waals surface area contributed by atoms with Gasteiger partial charge in [-0.25, -0.2) is 0 Å². The molecule has 0 unspecified atom stereocenters. The minimum Gasteiger partial charge on any atom is -0.0851 e. The molecule has 0 N–H and O–H groups in total. The SMILES string of the molecule is CC(C)/C=C/C1(c2ccc(Cl)c(Cl)c2)CCCCC1.